The number of halogens is 1. The van der Waals surface area contributed by atoms with Crippen LogP contribution in [0.4, 0.5) is 5.69 Å². The Morgan fingerprint density at radius 2 is 1.85 bits per heavy atom. The fraction of sp³-hybridized carbons (Fsp3) is 0.316. The van der Waals surface area contributed by atoms with Crippen molar-refractivity contribution in [3.8, 4) is 5.75 Å². The van der Waals surface area contributed by atoms with Crippen molar-refractivity contribution in [2.75, 3.05) is 18.5 Å². The van der Waals surface area contributed by atoms with E-state index in [0.717, 1.165) is 0 Å². The molecule has 0 aliphatic carbocycles. The summed E-state index contributed by atoms with van der Waals surface area (Å²) in [4.78, 5) is 12.8. The zero-order valence-electron chi connectivity index (χ0n) is 14.9. The van der Waals surface area contributed by atoms with Crippen molar-refractivity contribution in [2.24, 2.45) is 0 Å². The SMILES string of the molecule is CCOc1ccc(NC(=O)[C@H]2CCCN2S(=O)(=O)c2ccc(Cl)cc2)cc1. The summed E-state index contributed by atoms with van der Waals surface area (Å²) in [6.45, 7) is 2.77. The molecule has 0 saturated carbocycles. The van der Waals surface area contributed by atoms with Crippen LogP contribution in [-0.4, -0.2) is 37.8 Å². The highest BCUT2D eigenvalue weighted by atomic mass is 35.5. The first kappa shape index (κ1) is 19.7. The Bertz CT molecular complexity index is 898. The summed E-state index contributed by atoms with van der Waals surface area (Å²) in [7, 11) is -3.76. The van der Waals surface area contributed by atoms with E-state index < -0.39 is 16.1 Å². The zero-order valence-corrected chi connectivity index (χ0v) is 16.5. The third kappa shape index (κ3) is 4.43. The van der Waals surface area contributed by atoms with Gasteiger partial charge in [0.1, 0.15) is 11.8 Å². The van der Waals surface area contributed by atoms with Gasteiger partial charge in [0.25, 0.3) is 0 Å². The van der Waals surface area contributed by atoms with Crippen molar-refractivity contribution in [1.82, 2.24) is 4.31 Å². The van der Waals surface area contributed by atoms with Crippen molar-refractivity contribution in [3.05, 3.63) is 53.6 Å². The van der Waals surface area contributed by atoms with Gasteiger partial charge in [-0.25, -0.2) is 8.42 Å². The maximum absolute atomic E-state index is 12.9. The number of hydrogen-bond donors (Lipinski definition) is 1. The second-order valence-electron chi connectivity index (χ2n) is 6.17. The number of sulfonamides is 1. The smallest absolute Gasteiger partial charge is 0.243 e. The van der Waals surface area contributed by atoms with Crippen LogP contribution in [0, 0.1) is 0 Å². The molecule has 1 heterocycles. The molecule has 1 aliphatic heterocycles. The summed E-state index contributed by atoms with van der Waals surface area (Å²) in [6.07, 6.45) is 1.11. The van der Waals surface area contributed by atoms with E-state index in [1.54, 1.807) is 24.3 Å². The summed E-state index contributed by atoms with van der Waals surface area (Å²) in [5.74, 6) is 0.373. The molecule has 1 fully saturated rings. The van der Waals surface area contributed by atoms with Crippen LogP contribution in [-0.2, 0) is 14.8 Å². The summed E-state index contributed by atoms with van der Waals surface area (Å²) >= 11 is 5.84. The van der Waals surface area contributed by atoms with E-state index in [2.05, 4.69) is 5.32 Å². The highest BCUT2D eigenvalue weighted by molar-refractivity contribution is 7.89. The lowest BCUT2D eigenvalue weighted by Crippen LogP contribution is -2.43. The van der Waals surface area contributed by atoms with E-state index in [-0.39, 0.29) is 10.8 Å². The Kier molecular flexibility index (Phi) is 6.04. The highest BCUT2D eigenvalue weighted by Crippen LogP contribution is 2.28. The molecule has 3 rings (SSSR count). The van der Waals surface area contributed by atoms with Gasteiger partial charge in [0.05, 0.1) is 11.5 Å². The number of ether oxygens (including phenoxy) is 1. The van der Waals surface area contributed by atoms with Gasteiger partial charge in [-0.3, -0.25) is 4.79 Å². The summed E-state index contributed by atoms with van der Waals surface area (Å²) < 4.78 is 32.5. The minimum absolute atomic E-state index is 0.132. The molecule has 0 unspecified atom stereocenters. The monoisotopic (exact) mass is 408 g/mol. The molecule has 0 spiro atoms. The average Bonchev–Trinajstić information content (AvgIpc) is 3.15. The first-order valence-electron chi connectivity index (χ1n) is 8.73. The molecule has 1 saturated heterocycles. The molecule has 0 radical (unpaired) electrons. The minimum Gasteiger partial charge on any atom is -0.494 e. The van der Waals surface area contributed by atoms with Crippen LogP contribution >= 0.6 is 11.6 Å². The van der Waals surface area contributed by atoms with Crippen LogP contribution in [0.3, 0.4) is 0 Å². The molecule has 2 aromatic rings. The standard InChI is InChI=1S/C19H21ClN2O4S/c1-2-26-16-9-7-15(8-10-16)21-19(23)18-4-3-13-22(18)27(24,25)17-11-5-14(20)6-12-17/h5-12,18H,2-4,13H2,1H3,(H,21,23)/t18-/m1/s1. The lowest BCUT2D eigenvalue weighted by atomic mass is 10.2. The van der Waals surface area contributed by atoms with Crippen LogP contribution in [0.15, 0.2) is 53.4 Å². The molecule has 27 heavy (non-hydrogen) atoms. The van der Waals surface area contributed by atoms with Gasteiger partial charge in [-0.1, -0.05) is 11.6 Å². The maximum Gasteiger partial charge on any atom is 0.243 e. The Hall–Kier alpha value is -2.09. The van der Waals surface area contributed by atoms with Gasteiger partial charge in [0, 0.05) is 17.3 Å². The number of rotatable bonds is 6. The molecular formula is C19H21ClN2O4S. The van der Waals surface area contributed by atoms with Crippen LogP contribution in [0.5, 0.6) is 5.75 Å². The third-order valence-corrected chi connectivity index (χ3v) is 6.53. The van der Waals surface area contributed by atoms with Crippen LogP contribution in [0.1, 0.15) is 19.8 Å². The maximum atomic E-state index is 12.9. The van der Waals surface area contributed by atoms with Gasteiger partial charge < -0.3 is 10.1 Å². The molecule has 0 aromatic heterocycles. The predicted octanol–water partition coefficient (Wildman–Crippen LogP) is 3.53. The molecular weight excluding hydrogens is 388 g/mol. The Morgan fingerprint density at radius 3 is 2.48 bits per heavy atom. The number of anilines is 1. The number of nitrogens with zero attached hydrogens (tertiary/aromatic N) is 1. The van der Waals surface area contributed by atoms with Crippen LogP contribution in [0.2, 0.25) is 5.02 Å². The largest absolute Gasteiger partial charge is 0.494 e. The quantitative estimate of drug-likeness (QED) is 0.793. The van der Waals surface area contributed by atoms with Gasteiger partial charge in [-0.05, 0) is 68.3 Å². The van der Waals surface area contributed by atoms with Crippen LogP contribution < -0.4 is 10.1 Å². The van der Waals surface area contributed by atoms with E-state index in [4.69, 9.17) is 16.3 Å². The number of carbonyl (C=O) groups excluding carboxylic acids is 1. The van der Waals surface area contributed by atoms with Gasteiger partial charge in [-0.15, -0.1) is 0 Å². The summed E-state index contributed by atoms with van der Waals surface area (Å²) in [6, 6.07) is 12.2. The molecule has 2 aromatic carbocycles. The van der Waals surface area contributed by atoms with Crippen molar-refractivity contribution in [1.29, 1.82) is 0 Å². The van der Waals surface area contributed by atoms with Gasteiger partial charge in [-0.2, -0.15) is 4.31 Å². The number of hydrogen-bond acceptors (Lipinski definition) is 4. The first-order chi connectivity index (χ1) is 12.9. The number of amides is 1. The van der Waals surface area contributed by atoms with E-state index in [0.29, 0.717) is 42.5 Å². The fourth-order valence-corrected chi connectivity index (χ4v) is 4.84. The second-order valence-corrected chi connectivity index (χ2v) is 8.50. The average molecular weight is 409 g/mol. The van der Waals surface area contributed by atoms with Gasteiger partial charge in [0.15, 0.2) is 0 Å². The molecule has 1 aliphatic rings. The molecule has 0 bridgehead atoms. The zero-order chi connectivity index (χ0) is 19.4. The lowest BCUT2D eigenvalue weighted by molar-refractivity contribution is -0.119. The topological polar surface area (TPSA) is 75.7 Å². The molecule has 144 valence electrons. The van der Waals surface area contributed by atoms with Crippen LogP contribution in [0.25, 0.3) is 0 Å². The van der Waals surface area contributed by atoms with E-state index >= 15 is 0 Å². The Morgan fingerprint density at radius 1 is 1.19 bits per heavy atom. The molecule has 1 atom stereocenters. The lowest BCUT2D eigenvalue weighted by Gasteiger charge is -2.23. The van der Waals surface area contributed by atoms with Crippen molar-refractivity contribution in [3.63, 3.8) is 0 Å². The molecule has 8 heteroatoms. The van der Waals surface area contributed by atoms with Gasteiger partial charge >= 0.3 is 0 Å². The fourth-order valence-electron chi connectivity index (χ4n) is 3.06. The number of benzene rings is 2. The van der Waals surface area contributed by atoms with E-state index in [1.165, 1.54) is 28.6 Å². The number of carbonyl (C=O) groups is 1. The van der Waals surface area contributed by atoms with E-state index in [1.807, 2.05) is 6.92 Å². The molecule has 1 amide bonds. The Balaban J connectivity index is 1.75. The second kappa shape index (κ2) is 8.29. The van der Waals surface area contributed by atoms with Crippen molar-refractivity contribution < 1.29 is 17.9 Å². The van der Waals surface area contributed by atoms with Gasteiger partial charge in [0.2, 0.25) is 15.9 Å². The third-order valence-electron chi connectivity index (χ3n) is 4.36. The molecule has 1 N–H and O–H groups in total. The van der Waals surface area contributed by atoms with Crippen molar-refractivity contribution in [2.45, 2.75) is 30.7 Å². The van der Waals surface area contributed by atoms with E-state index in [9.17, 15) is 13.2 Å². The minimum atomic E-state index is -3.76. The highest BCUT2D eigenvalue weighted by Gasteiger charge is 2.39. The Labute approximate surface area is 164 Å². The normalized spacial score (nSPS) is 17.6. The summed E-state index contributed by atoms with van der Waals surface area (Å²) in [5.41, 5.74) is 0.596. The summed E-state index contributed by atoms with van der Waals surface area (Å²) in [5, 5.41) is 3.25. The number of nitrogens with one attached hydrogen (secondary N) is 1. The predicted molar refractivity (Wildman–Crippen MR) is 105 cm³/mol. The molecule has 6 nitrogen and oxygen atoms in total. The first-order valence-corrected chi connectivity index (χ1v) is 10.5. The van der Waals surface area contributed by atoms with Crippen molar-refractivity contribution >= 4 is 33.2 Å².